The Morgan fingerprint density at radius 1 is 1.29 bits per heavy atom. The van der Waals surface area contributed by atoms with Gasteiger partial charge in [-0.15, -0.1) is 0 Å². The normalized spacial score (nSPS) is 17.0. The fraction of sp³-hybridized carbons (Fsp3) is 0.421. The van der Waals surface area contributed by atoms with Gasteiger partial charge >= 0.3 is 0 Å². The largest absolute Gasteiger partial charge is 0.368 e. The lowest BCUT2D eigenvalue weighted by Crippen LogP contribution is -2.43. The lowest BCUT2D eigenvalue weighted by Gasteiger charge is -2.32. The average Bonchev–Trinajstić information content (AvgIpc) is 3.43. The molecule has 1 aliphatic rings. The van der Waals surface area contributed by atoms with Gasteiger partial charge in [-0.25, -0.2) is 0 Å². The zero-order chi connectivity index (χ0) is 19.2. The molecule has 3 aromatic heterocycles. The summed E-state index contributed by atoms with van der Waals surface area (Å²) in [5.74, 6) is 1.07. The lowest BCUT2D eigenvalue weighted by atomic mass is 10.1. The summed E-state index contributed by atoms with van der Waals surface area (Å²) in [4.78, 5) is 22.7. The number of amides is 1. The zero-order valence-electron chi connectivity index (χ0n) is 15.5. The summed E-state index contributed by atoms with van der Waals surface area (Å²) in [5.41, 5.74) is 0.820. The molecule has 146 valence electrons. The minimum Gasteiger partial charge on any atom is -0.368 e. The summed E-state index contributed by atoms with van der Waals surface area (Å²) in [6.45, 7) is 2.21. The number of rotatable bonds is 7. The second-order valence-corrected chi connectivity index (χ2v) is 6.69. The molecule has 1 atom stereocenters. The van der Waals surface area contributed by atoms with E-state index in [1.54, 1.807) is 23.3 Å². The number of hydrogen-bond donors (Lipinski definition) is 0. The van der Waals surface area contributed by atoms with Gasteiger partial charge in [-0.1, -0.05) is 5.16 Å². The summed E-state index contributed by atoms with van der Waals surface area (Å²) in [5, 5.41) is 8.10. The first kappa shape index (κ1) is 18.3. The Kier molecular flexibility index (Phi) is 5.72. The predicted octanol–water partition coefficient (Wildman–Crippen LogP) is 1.93. The topological polar surface area (TPSA) is 99.2 Å². The van der Waals surface area contributed by atoms with Gasteiger partial charge < -0.3 is 14.2 Å². The van der Waals surface area contributed by atoms with E-state index in [1.807, 2.05) is 29.3 Å². The standard InChI is InChI=1S/C19H22N6O3/c26-18(6-12-25-11-2-7-21-25)24-10-1-3-16(13-24)27-14-17-22-19(28-23-17)15-4-8-20-9-5-15/h2,4-5,7-9,11,16H,1,3,6,10,12-14H2. The minimum absolute atomic E-state index is 0.0229. The van der Waals surface area contributed by atoms with Crippen LogP contribution >= 0.6 is 0 Å². The molecule has 1 aliphatic heterocycles. The Balaban J connectivity index is 1.26. The molecule has 28 heavy (non-hydrogen) atoms. The molecule has 0 aliphatic carbocycles. The average molecular weight is 382 g/mol. The van der Waals surface area contributed by atoms with Gasteiger partial charge in [0.1, 0.15) is 6.61 Å². The number of piperidine rings is 1. The fourth-order valence-corrected chi connectivity index (χ4v) is 3.22. The monoisotopic (exact) mass is 382 g/mol. The van der Waals surface area contributed by atoms with Gasteiger partial charge in [-0.2, -0.15) is 10.1 Å². The molecule has 4 heterocycles. The molecule has 0 N–H and O–H groups in total. The van der Waals surface area contributed by atoms with Gasteiger partial charge in [0.05, 0.1) is 6.10 Å². The Labute approximate surface area is 162 Å². The zero-order valence-corrected chi connectivity index (χ0v) is 15.5. The smallest absolute Gasteiger partial charge is 0.258 e. The SMILES string of the molecule is O=C(CCn1cccn1)N1CCCC(OCc2noc(-c3ccncc3)n2)C1. The quantitative estimate of drug-likeness (QED) is 0.615. The molecule has 9 nitrogen and oxygen atoms in total. The molecule has 9 heteroatoms. The van der Waals surface area contributed by atoms with E-state index in [-0.39, 0.29) is 18.6 Å². The summed E-state index contributed by atoms with van der Waals surface area (Å²) >= 11 is 0. The van der Waals surface area contributed by atoms with E-state index >= 15 is 0 Å². The van der Waals surface area contributed by atoms with Crippen molar-refractivity contribution in [3.05, 3.63) is 48.8 Å². The highest BCUT2D eigenvalue weighted by Gasteiger charge is 2.24. The van der Waals surface area contributed by atoms with E-state index < -0.39 is 0 Å². The van der Waals surface area contributed by atoms with Crippen molar-refractivity contribution in [1.29, 1.82) is 0 Å². The molecule has 4 rings (SSSR count). The van der Waals surface area contributed by atoms with Gasteiger partial charge in [0, 0.05) is 56.4 Å². The van der Waals surface area contributed by atoms with E-state index in [0.29, 0.717) is 31.2 Å². The van der Waals surface area contributed by atoms with Crippen molar-refractivity contribution in [3.8, 4) is 11.5 Å². The summed E-state index contributed by atoms with van der Waals surface area (Å²) in [6.07, 6.45) is 9.18. The predicted molar refractivity (Wildman–Crippen MR) is 98.8 cm³/mol. The van der Waals surface area contributed by atoms with Crippen LogP contribution in [0.5, 0.6) is 0 Å². The first-order valence-electron chi connectivity index (χ1n) is 9.38. The number of ether oxygens (including phenoxy) is 1. The number of likely N-dealkylation sites (tertiary alicyclic amines) is 1. The second-order valence-electron chi connectivity index (χ2n) is 6.69. The number of aromatic nitrogens is 5. The maximum Gasteiger partial charge on any atom is 0.258 e. The number of carbonyl (C=O) groups is 1. The highest BCUT2D eigenvalue weighted by atomic mass is 16.5. The van der Waals surface area contributed by atoms with Crippen LogP contribution in [0.3, 0.4) is 0 Å². The van der Waals surface area contributed by atoms with E-state index in [1.165, 1.54) is 0 Å². The van der Waals surface area contributed by atoms with Crippen molar-refractivity contribution >= 4 is 5.91 Å². The number of aryl methyl sites for hydroxylation is 1. The van der Waals surface area contributed by atoms with E-state index in [2.05, 4.69) is 20.2 Å². The van der Waals surface area contributed by atoms with Crippen LogP contribution in [0.4, 0.5) is 0 Å². The van der Waals surface area contributed by atoms with Crippen LogP contribution in [-0.2, 0) is 22.7 Å². The third kappa shape index (κ3) is 4.61. The van der Waals surface area contributed by atoms with Crippen LogP contribution < -0.4 is 0 Å². The Bertz CT molecular complexity index is 880. The molecule has 0 radical (unpaired) electrons. The Morgan fingerprint density at radius 3 is 3.00 bits per heavy atom. The van der Waals surface area contributed by atoms with Crippen LogP contribution in [-0.4, -0.2) is 54.9 Å². The molecule has 1 fully saturated rings. The molecule has 0 spiro atoms. The van der Waals surface area contributed by atoms with Gasteiger partial charge in [0.2, 0.25) is 5.91 Å². The third-order valence-electron chi connectivity index (χ3n) is 4.69. The molecule has 1 unspecified atom stereocenters. The maximum atomic E-state index is 12.5. The first-order chi connectivity index (χ1) is 13.8. The molecule has 0 aromatic carbocycles. The van der Waals surface area contributed by atoms with E-state index in [9.17, 15) is 4.79 Å². The van der Waals surface area contributed by atoms with Gasteiger partial charge in [-0.05, 0) is 31.0 Å². The number of pyridine rings is 1. The third-order valence-corrected chi connectivity index (χ3v) is 4.69. The molecule has 3 aromatic rings. The molecule has 0 bridgehead atoms. The Hall–Kier alpha value is -3.07. The first-order valence-corrected chi connectivity index (χ1v) is 9.38. The van der Waals surface area contributed by atoms with Crippen molar-refractivity contribution in [1.82, 2.24) is 29.8 Å². The fourth-order valence-electron chi connectivity index (χ4n) is 3.22. The summed E-state index contributed by atoms with van der Waals surface area (Å²) in [7, 11) is 0. The molecular formula is C19H22N6O3. The van der Waals surface area contributed by atoms with Crippen molar-refractivity contribution < 1.29 is 14.1 Å². The lowest BCUT2D eigenvalue weighted by molar-refractivity contribution is -0.136. The van der Waals surface area contributed by atoms with Gasteiger partial charge in [0.15, 0.2) is 5.82 Å². The van der Waals surface area contributed by atoms with Crippen LogP contribution in [0.2, 0.25) is 0 Å². The highest BCUT2D eigenvalue weighted by molar-refractivity contribution is 5.76. The minimum atomic E-state index is -0.0229. The molecule has 1 saturated heterocycles. The highest BCUT2D eigenvalue weighted by Crippen LogP contribution is 2.18. The van der Waals surface area contributed by atoms with Crippen LogP contribution in [0.25, 0.3) is 11.5 Å². The van der Waals surface area contributed by atoms with E-state index in [0.717, 1.165) is 24.9 Å². The maximum absolute atomic E-state index is 12.5. The van der Waals surface area contributed by atoms with Crippen molar-refractivity contribution in [2.45, 2.75) is 38.5 Å². The molecular weight excluding hydrogens is 360 g/mol. The van der Waals surface area contributed by atoms with Crippen molar-refractivity contribution in [3.63, 3.8) is 0 Å². The molecule has 0 saturated carbocycles. The van der Waals surface area contributed by atoms with Gasteiger partial charge in [0.25, 0.3) is 5.89 Å². The summed E-state index contributed by atoms with van der Waals surface area (Å²) in [6, 6.07) is 5.48. The second kappa shape index (κ2) is 8.75. The number of carbonyl (C=O) groups excluding carboxylic acids is 1. The summed E-state index contributed by atoms with van der Waals surface area (Å²) < 4.78 is 13.0. The van der Waals surface area contributed by atoms with Crippen LogP contribution in [0.15, 0.2) is 47.5 Å². The number of nitrogens with zero attached hydrogens (tertiary/aromatic N) is 6. The van der Waals surface area contributed by atoms with Gasteiger partial charge in [-0.3, -0.25) is 14.5 Å². The van der Waals surface area contributed by atoms with Crippen LogP contribution in [0.1, 0.15) is 25.1 Å². The Morgan fingerprint density at radius 2 is 2.18 bits per heavy atom. The molecule has 1 amide bonds. The van der Waals surface area contributed by atoms with E-state index in [4.69, 9.17) is 9.26 Å². The van der Waals surface area contributed by atoms with Crippen molar-refractivity contribution in [2.24, 2.45) is 0 Å². The van der Waals surface area contributed by atoms with Crippen molar-refractivity contribution in [2.75, 3.05) is 13.1 Å². The van der Waals surface area contributed by atoms with Crippen LogP contribution in [0, 0.1) is 0 Å². The number of hydrogen-bond acceptors (Lipinski definition) is 7.